The summed E-state index contributed by atoms with van der Waals surface area (Å²) >= 11 is 0. The Bertz CT molecular complexity index is 455. The zero-order valence-electron chi connectivity index (χ0n) is 11.6. The molecule has 1 fully saturated rings. The summed E-state index contributed by atoms with van der Waals surface area (Å²) in [6, 6.07) is 4.73. The van der Waals surface area contributed by atoms with Crippen molar-refractivity contribution in [3.63, 3.8) is 0 Å². The predicted molar refractivity (Wildman–Crippen MR) is 73.8 cm³/mol. The fraction of sp³-hybridized carbons (Fsp3) is 0.533. The van der Waals surface area contributed by atoms with E-state index in [1.165, 1.54) is 30.2 Å². The van der Waals surface area contributed by atoms with Crippen molar-refractivity contribution < 1.29 is 14.1 Å². The third-order valence-electron chi connectivity index (χ3n) is 3.94. The van der Waals surface area contributed by atoms with E-state index in [4.69, 9.17) is 0 Å². The van der Waals surface area contributed by atoms with Gasteiger partial charge in [-0.15, -0.1) is 0 Å². The fourth-order valence-electron chi connectivity index (χ4n) is 2.55. The molecule has 4 heteroatoms. The summed E-state index contributed by atoms with van der Waals surface area (Å²) in [6.45, 7) is 5.76. The quantitative estimate of drug-likeness (QED) is 0.854. The molecule has 1 amide bonds. The molecule has 0 aromatic heterocycles. The molecule has 3 nitrogen and oxygen atoms in total. The molecule has 0 saturated carbocycles. The number of halogens is 1. The van der Waals surface area contributed by atoms with Gasteiger partial charge in [-0.2, -0.15) is 0 Å². The Morgan fingerprint density at radius 3 is 2.63 bits per heavy atom. The van der Waals surface area contributed by atoms with E-state index in [2.05, 4.69) is 5.32 Å². The van der Waals surface area contributed by atoms with Crippen LogP contribution in [0.4, 0.5) is 10.1 Å². The molecule has 2 N–H and O–H groups in total. The van der Waals surface area contributed by atoms with Gasteiger partial charge in [0.05, 0.1) is 13.1 Å². The molecular formula is C15H22FN2O+. The van der Waals surface area contributed by atoms with Crippen LogP contribution in [0.3, 0.4) is 0 Å². The average molecular weight is 265 g/mol. The number of aryl methyl sites for hydroxylation is 1. The average Bonchev–Trinajstić information content (AvgIpc) is 2.43. The predicted octanol–water partition coefficient (Wildman–Crippen LogP) is 1.53. The Kier molecular flexibility index (Phi) is 4.53. The van der Waals surface area contributed by atoms with Crippen molar-refractivity contribution in [2.45, 2.75) is 39.2 Å². The summed E-state index contributed by atoms with van der Waals surface area (Å²) in [6.07, 6.45) is 3.64. The number of nitrogens with one attached hydrogen (secondary N) is 2. The van der Waals surface area contributed by atoms with Gasteiger partial charge in [0.15, 0.2) is 6.04 Å². The van der Waals surface area contributed by atoms with Crippen molar-refractivity contribution in [1.29, 1.82) is 0 Å². The highest BCUT2D eigenvalue weighted by atomic mass is 19.1. The van der Waals surface area contributed by atoms with Crippen LogP contribution < -0.4 is 10.2 Å². The van der Waals surface area contributed by atoms with Crippen molar-refractivity contribution in [3.05, 3.63) is 29.6 Å². The number of hydrogen-bond donors (Lipinski definition) is 2. The molecule has 1 aromatic rings. The Balaban J connectivity index is 1.97. The highest BCUT2D eigenvalue weighted by molar-refractivity contribution is 5.93. The molecule has 1 heterocycles. The minimum absolute atomic E-state index is 0.0276. The maximum Gasteiger partial charge on any atom is 0.282 e. The van der Waals surface area contributed by atoms with E-state index in [1.807, 2.05) is 6.92 Å². The van der Waals surface area contributed by atoms with E-state index in [1.54, 1.807) is 19.1 Å². The molecule has 1 aliphatic heterocycles. The van der Waals surface area contributed by atoms with Crippen LogP contribution in [0.15, 0.2) is 18.2 Å². The normalized spacial score (nSPS) is 18.1. The fourth-order valence-corrected chi connectivity index (χ4v) is 2.55. The van der Waals surface area contributed by atoms with E-state index in [-0.39, 0.29) is 17.8 Å². The van der Waals surface area contributed by atoms with Gasteiger partial charge in [-0.3, -0.25) is 4.79 Å². The first-order valence-electron chi connectivity index (χ1n) is 6.99. The van der Waals surface area contributed by atoms with Gasteiger partial charge in [-0.05, 0) is 50.8 Å². The number of carbonyl (C=O) groups is 1. The van der Waals surface area contributed by atoms with Gasteiger partial charge < -0.3 is 10.2 Å². The van der Waals surface area contributed by atoms with Crippen LogP contribution in [0.25, 0.3) is 0 Å². The van der Waals surface area contributed by atoms with Gasteiger partial charge >= 0.3 is 0 Å². The van der Waals surface area contributed by atoms with E-state index in [0.29, 0.717) is 11.3 Å². The monoisotopic (exact) mass is 265 g/mol. The lowest BCUT2D eigenvalue weighted by atomic mass is 10.1. The lowest BCUT2D eigenvalue weighted by Gasteiger charge is -2.28. The summed E-state index contributed by atoms with van der Waals surface area (Å²) in [7, 11) is 0. The molecule has 19 heavy (non-hydrogen) atoms. The van der Waals surface area contributed by atoms with E-state index in [9.17, 15) is 9.18 Å². The van der Waals surface area contributed by atoms with E-state index in [0.717, 1.165) is 13.1 Å². The zero-order valence-corrected chi connectivity index (χ0v) is 11.6. The second kappa shape index (κ2) is 6.15. The third-order valence-corrected chi connectivity index (χ3v) is 3.94. The summed E-state index contributed by atoms with van der Waals surface area (Å²) < 4.78 is 13.4. The number of benzene rings is 1. The SMILES string of the molecule is Cc1ccc(NC(=O)[C@@H](C)[NH+]2CCCCC2)cc1F. The van der Waals surface area contributed by atoms with Crippen LogP contribution in [-0.4, -0.2) is 25.0 Å². The number of quaternary nitrogens is 1. The molecule has 0 bridgehead atoms. The van der Waals surface area contributed by atoms with Crippen LogP contribution in [0.5, 0.6) is 0 Å². The van der Waals surface area contributed by atoms with Crippen LogP contribution in [0.2, 0.25) is 0 Å². The van der Waals surface area contributed by atoms with Crippen LogP contribution in [0.1, 0.15) is 31.7 Å². The highest BCUT2D eigenvalue weighted by Crippen LogP contribution is 2.13. The highest BCUT2D eigenvalue weighted by Gasteiger charge is 2.26. The molecule has 0 unspecified atom stereocenters. The number of rotatable bonds is 3. The molecule has 0 radical (unpaired) electrons. The number of amides is 1. The van der Waals surface area contributed by atoms with E-state index < -0.39 is 0 Å². The number of piperidine rings is 1. The van der Waals surface area contributed by atoms with Crippen molar-refractivity contribution in [2.24, 2.45) is 0 Å². The topological polar surface area (TPSA) is 33.5 Å². The largest absolute Gasteiger partial charge is 0.325 e. The molecule has 1 aliphatic rings. The standard InChI is InChI=1S/C15H21FN2O/c1-11-6-7-13(10-14(11)16)17-15(19)12(2)18-8-4-3-5-9-18/h6-7,10,12H,3-5,8-9H2,1-2H3,(H,17,19)/p+1/t12-/m1/s1. The molecule has 0 spiro atoms. The maximum absolute atomic E-state index is 13.4. The minimum atomic E-state index is -0.282. The first-order chi connectivity index (χ1) is 9.08. The summed E-state index contributed by atoms with van der Waals surface area (Å²) in [4.78, 5) is 13.5. The molecular weight excluding hydrogens is 243 g/mol. The van der Waals surface area contributed by atoms with Crippen LogP contribution >= 0.6 is 0 Å². The number of anilines is 1. The smallest absolute Gasteiger partial charge is 0.282 e. The van der Waals surface area contributed by atoms with Crippen LogP contribution in [-0.2, 0) is 4.79 Å². The molecule has 1 aromatic carbocycles. The van der Waals surface area contributed by atoms with Crippen molar-refractivity contribution in [2.75, 3.05) is 18.4 Å². The Morgan fingerprint density at radius 2 is 2.00 bits per heavy atom. The van der Waals surface area contributed by atoms with Crippen molar-refractivity contribution in [3.8, 4) is 0 Å². The van der Waals surface area contributed by atoms with Gasteiger partial charge in [0.2, 0.25) is 0 Å². The third kappa shape index (κ3) is 3.53. The minimum Gasteiger partial charge on any atom is -0.325 e. The molecule has 0 aliphatic carbocycles. The lowest BCUT2D eigenvalue weighted by Crippen LogP contribution is -3.17. The van der Waals surface area contributed by atoms with E-state index >= 15 is 0 Å². The maximum atomic E-state index is 13.4. The summed E-state index contributed by atoms with van der Waals surface area (Å²) in [5.74, 6) is -0.309. The summed E-state index contributed by atoms with van der Waals surface area (Å²) in [5.41, 5.74) is 1.13. The molecule has 1 atom stereocenters. The molecule has 104 valence electrons. The Labute approximate surface area is 113 Å². The lowest BCUT2D eigenvalue weighted by molar-refractivity contribution is -0.918. The molecule has 2 rings (SSSR count). The van der Waals surface area contributed by atoms with Gasteiger partial charge in [0.1, 0.15) is 5.82 Å². The van der Waals surface area contributed by atoms with Gasteiger partial charge in [0.25, 0.3) is 5.91 Å². The number of likely N-dealkylation sites (tertiary alicyclic amines) is 1. The zero-order chi connectivity index (χ0) is 13.8. The van der Waals surface area contributed by atoms with Gasteiger partial charge in [-0.25, -0.2) is 4.39 Å². The Morgan fingerprint density at radius 1 is 1.32 bits per heavy atom. The Hall–Kier alpha value is -1.42. The van der Waals surface area contributed by atoms with Crippen LogP contribution in [0, 0.1) is 12.7 Å². The number of hydrogen-bond acceptors (Lipinski definition) is 1. The first-order valence-corrected chi connectivity index (χ1v) is 6.99. The molecule has 1 saturated heterocycles. The summed E-state index contributed by atoms with van der Waals surface area (Å²) in [5, 5.41) is 2.81. The second-order valence-electron chi connectivity index (χ2n) is 5.39. The van der Waals surface area contributed by atoms with Gasteiger partial charge in [0, 0.05) is 5.69 Å². The second-order valence-corrected chi connectivity index (χ2v) is 5.39. The van der Waals surface area contributed by atoms with Gasteiger partial charge in [-0.1, -0.05) is 6.07 Å². The van der Waals surface area contributed by atoms with Crippen molar-refractivity contribution in [1.82, 2.24) is 0 Å². The number of carbonyl (C=O) groups excluding carboxylic acids is 1. The van der Waals surface area contributed by atoms with Crippen molar-refractivity contribution >= 4 is 11.6 Å². The first kappa shape index (κ1) is 14.0.